The zero-order valence-electron chi connectivity index (χ0n) is 11.4. The number of carboxylic acids is 1. The van der Waals surface area contributed by atoms with Gasteiger partial charge in [-0.3, -0.25) is 4.79 Å². The minimum Gasteiger partial charge on any atom is -0.481 e. The minimum atomic E-state index is -0.833. The first-order valence-electron chi connectivity index (χ1n) is 6.67. The maximum atomic E-state index is 9.00. The fourth-order valence-electron chi connectivity index (χ4n) is 1.67. The molecule has 0 aliphatic carbocycles. The van der Waals surface area contributed by atoms with E-state index in [1.165, 1.54) is 38.5 Å². The summed E-state index contributed by atoms with van der Waals surface area (Å²) in [5.74, 6) is 0.320. The summed E-state index contributed by atoms with van der Waals surface area (Å²) in [6.45, 7) is 3.71. The number of unbranched alkanes of at least 4 members (excludes halogenated alkanes) is 4. The topological polar surface area (TPSA) is 57.5 Å². The van der Waals surface area contributed by atoms with Crippen molar-refractivity contribution in [3.63, 3.8) is 0 Å². The highest BCUT2D eigenvalue weighted by Crippen LogP contribution is 2.40. The lowest BCUT2D eigenvalue weighted by atomic mass is 10.1. The maximum absolute atomic E-state index is 9.00. The van der Waals surface area contributed by atoms with Crippen LogP contribution in [0.2, 0.25) is 0 Å². The Morgan fingerprint density at radius 2 is 1.89 bits per heavy atom. The molecule has 0 aromatic rings. The number of aliphatic hydroxyl groups is 1. The van der Waals surface area contributed by atoms with Gasteiger partial charge in [-0.15, -0.1) is 23.5 Å². The Hall–Kier alpha value is 0.130. The quantitative estimate of drug-likeness (QED) is 0.703. The van der Waals surface area contributed by atoms with E-state index < -0.39 is 5.97 Å². The van der Waals surface area contributed by atoms with E-state index in [0.717, 1.165) is 17.3 Å². The van der Waals surface area contributed by atoms with E-state index in [1.54, 1.807) is 0 Å². The lowest BCUT2D eigenvalue weighted by Crippen LogP contribution is -2.06. The zero-order valence-corrected chi connectivity index (χ0v) is 13.1. The maximum Gasteiger partial charge on any atom is 0.300 e. The number of carboxylic acid groups (broad SMARTS) is 1. The Morgan fingerprint density at radius 1 is 1.28 bits per heavy atom. The molecule has 1 rings (SSSR count). The minimum absolute atomic E-state index is 0.365. The Balaban J connectivity index is 0.000000631. The molecule has 1 saturated heterocycles. The van der Waals surface area contributed by atoms with Crippen molar-refractivity contribution in [2.45, 2.75) is 62.2 Å². The number of hydrogen-bond acceptors (Lipinski definition) is 4. The summed E-state index contributed by atoms with van der Waals surface area (Å²) in [6, 6.07) is 0. The molecule has 0 amide bonds. The molecule has 0 aromatic carbocycles. The third kappa shape index (κ3) is 11.2. The van der Waals surface area contributed by atoms with Crippen LogP contribution in [0.1, 0.15) is 52.4 Å². The predicted octanol–water partition coefficient (Wildman–Crippen LogP) is 3.60. The van der Waals surface area contributed by atoms with Crippen LogP contribution in [0.25, 0.3) is 0 Å². The lowest BCUT2D eigenvalue weighted by Gasteiger charge is -2.08. The molecule has 1 heterocycles. The highest BCUT2D eigenvalue weighted by Gasteiger charge is 2.24. The van der Waals surface area contributed by atoms with Gasteiger partial charge < -0.3 is 10.2 Å². The molecule has 1 aliphatic rings. The van der Waals surface area contributed by atoms with Crippen LogP contribution in [0.5, 0.6) is 0 Å². The highest BCUT2D eigenvalue weighted by molar-refractivity contribution is 8.20. The molecule has 2 N–H and O–H groups in total. The molecule has 0 saturated carbocycles. The Morgan fingerprint density at radius 3 is 2.39 bits per heavy atom. The van der Waals surface area contributed by atoms with Crippen LogP contribution in [-0.2, 0) is 4.79 Å². The van der Waals surface area contributed by atoms with E-state index >= 15 is 0 Å². The van der Waals surface area contributed by atoms with Crippen molar-refractivity contribution in [1.29, 1.82) is 0 Å². The second-order valence-electron chi connectivity index (χ2n) is 4.43. The number of aliphatic hydroxyl groups excluding tert-OH is 1. The molecular weight excluding hydrogens is 268 g/mol. The number of hydrogen-bond donors (Lipinski definition) is 2. The molecular formula is C13H26O3S2. The SMILES string of the molecule is CC(=O)O.CCCCCCC[C@@H]1SC[C@H](CO)S1. The van der Waals surface area contributed by atoms with Gasteiger partial charge in [0.1, 0.15) is 0 Å². The molecule has 1 aliphatic heterocycles. The standard InChI is InChI=1S/C11H22OS2.C2H4O2/c1-2-3-4-5-6-7-11-13-9-10(8-12)14-11;1-2(3)4/h10-12H,2-9H2,1H3;1H3,(H,3,4)/t10-,11+;/m0./s1. The number of rotatable bonds is 7. The Bertz CT molecular complexity index is 208. The third-order valence-corrected chi connectivity index (χ3v) is 5.95. The molecule has 0 unspecified atom stereocenters. The summed E-state index contributed by atoms with van der Waals surface area (Å²) in [5.41, 5.74) is 0. The van der Waals surface area contributed by atoms with Gasteiger partial charge in [0.15, 0.2) is 0 Å². The van der Waals surface area contributed by atoms with Gasteiger partial charge in [-0.25, -0.2) is 0 Å². The van der Waals surface area contributed by atoms with Gasteiger partial charge >= 0.3 is 0 Å². The molecule has 0 bridgehead atoms. The molecule has 108 valence electrons. The summed E-state index contributed by atoms with van der Waals surface area (Å²) >= 11 is 4.03. The van der Waals surface area contributed by atoms with E-state index in [9.17, 15) is 0 Å². The second kappa shape index (κ2) is 12.2. The van der Waals surface area contributed by atoms with Gasteiger partial charge in [0, 0.05) is 17.9 Å². The fourth-order valence-corrected chi connectivity index (χ4v) is 4.93. The van der Waals surface area contributed by atoms with Crippen molar-refractivity contribution < 1.29 is 15.0 Å². The molecule has 0 spiro atoms. The normalized spacial score (nSPS) is 22.4. The summed E-state index contributed by atoms with van der Waals surface area (Å²) in [5, 5.41) is 16.9. The molecule has 0 aromatic heterocycles. The molecule has 1 fully saturated rings. The molecule has 0 radical (unpaired) electrons. The monoisotopic (exact) mass is 294 g/mol. The van der Waals surface area contributed by atoms with Crippen LogP contribution in [0.15, 0.2) is 0 Å². The average Bonchev–Trinajstić information content (AvgIpc) is 2.76. The van der Waals surface area contributed by atoms with Gasteiger partial charge in [0.05, 0.1) is 11.2 Å². The average molecular weight is 294 g/mol. The Kier molecular flexibility index (Phi) is 12.3. The first kappa shape index (κ1) is 18.1. The molecule has 3 nitrogen and oxygen atoms in total. The predicted molar refractivity (Wildman–Crippen MR) is 81.4 cm³/mol. The van der Waals surface area contributed by atoms with Gasteiger partial charge in [-0.2, -0.15) is 0 Å². The summed E-state index contributed by atoms with van der Waals surface area (Å²) < 4.78 is 0.772. The largest absolute Gasteiger partial charge is 0.481 e. The van der Waals surface area contributed by atoms with Crippen LogP contribution in [0.4, 0.5) is 0 Å². The van der Waals surface area contributed by atoms with E-state index in [1.807, 2.05) is 23.5 Å². The number of carbonyl (C=O) groups is 1. The van der Waals surface area contributed by atoms with Gasteiger partial charge in [0.2, 0.25) is 0 Å². The van der Waals surface area contributed by atoms with E-state index in [0.29, 0.717) is 11.9 Å². The summed E-state index contributed by atoms with van der Waals surface area (Å²) in [6.07, 6.45) is 8.25. The zero-order chi connectivity index (χ0) is 13.8. The summed E-state index contributed by atoms with van der Waals surface area (Å²) in [4.78, 5) is 9.00. The summed E-state index contributed by atoms with van der Waals surface area (Å²) in [7, 11) is 0. The van der Waals surface area contributed by atoms with Gasteiger partial charge in [0.25, 0.3) is 5.97 Å². The molecule has 5 heteroatoms. The number of aliphatic carboxylic acids is 1. The molecule has 2 atom stereocenters. The van der Waals surface area contributed by atoms with Crippen molar-refractivity contribution in [3.05, 3.63) is 0 Å². The van der Waals surface area contributed by atoms with Crippen molar-refractivity contribution in [1.82, 2.24) is 0 Å². The van der Waals surface area contributed by atoms with E-state index in [4.69, 9.17) is 15.0 Å². The van der Waals surface area contributed by atoms with Crippen molar-refractivity contribution in [2.24, 2.45) is 0 Å². The van der Waals surface area contributed by atoms with Crippen LogP contribution in [0, 0.1) is 0 Å². The van der Waals surface area contributed by atoms with Gasteiger partial charge in [-0.05, 0) is 6.42 Å². The Labute approximate surface area is 119 Å². The fraction of sp³-hybridized carbons (Fsp3) is 0.923. The highest BCUT2D eigenvalue weighted by atomic mass is 32.2. The lowest BCUT2D eigenvalue weighted by molar-refractivity contribution is -0.134. The van der Waals surface area contributed by atoms with Crippen LogP contribution >= 0.6 is 23.5 Å². The third-order valence-electron chi connectivity index (χ3n) is 2.56. The van der Waals surface area contributed by atoms with Crippen LogP contribution < -0.4 is 0 Å². The van der Waals surface area contributed by atoms with Crippen molar-refractivity contribution in [2.75, 3.05) is 12.4 Å². The van der Waals surface area contributed by atoms with Crippen LogP contribution in [-0.4, -0.2) is 38.4 Å². The first-order valence-corrected chi connectivity index (χ1v) is 8.66. The number of thioether (sulfide) groups is 2. The molecule has 18 heavy (non-hydrogen) atoms. The van der Waals surface area contributed by atoms with E-state index in [2.05, 4.69) is 6.92 Å². The first-order chi connectivity index (χ1) is 8.60. The van der Waals surface area contributed by atoms with Crippen molar-refractivity contribution >= 4 is 29.5 Å². The van der Waals surface area contributed by atoms with E-state index in [-0.39, 0.29) is 0 Å². The smallest absolute Gasteiger partial charge is 0.300 e. The van der Waals surface area contributed by atoms with Gasteiger partial charge in [-0.1, -0.05) is 39.0 Å². The van der Waals surface area contributed by atoms with Crippen molar-refractivity contribution in [3.8, 4) is 0 Å². The van der Waals surface area contributed by atoms with Crippen LogP contribution in [0.3, 0.4) is 0 Å². The second-order valence-corrected chi connectivity index (χ2v) is 7.47.